The number of unbranched alkanes of at least 4 members (excludes halogenated alkanes) is 26. The van der Waals surface area contributed by atoms with Gasteiger partial charge in [0.05, 0.1) is 0 Å². The van der Waals surface area contributed by atoms with Crippen LogP contribution in [0, 0.1) is 0 Å². The Hall–Kier alpha value is -3.15. The third-order valence-corrected chi connectivity index (χ3v) is 11.7. The second-order valence-corrected chi connectivity index (χ2v) is 18.1. The average Bonchev–Trinajstić information content (AvgIpc) is 3.30. The molecule has 0 amide bonds. The van der Waals surface area contributed by atoms with Gasteiger partial charge in [-0.3, -0.25) is 14.4 Å². The summed E-state index contributed by atoms with van der Waals surface area (Å²) in [5, 5.41) is 0. The Morgan fingerprint density at radius 2 is 0.615 bits per heavy atom. The van der Waals surface area contributed by atoms with E-state index in [0.717, 1.165) is 77.0 Å². The van der Waals surface area contributed by atoms with E-state index in [1.165, 1.54) is 141 Å². The van der Waals surface area contributed by atoms with E-state index >= 15 is 0 Å². The fraction of sp³-hybridized carbons (Fsp3) is 0.746. The van der Waals surface area contributed by atoms with E-state index in [4.69, 9.17) is 14.2 Å². The molecule has 0 rings (SSSR count). The van der Waals surface area contributed by atoms with E-state index in [-0.39, 0.29) is 37.5 Å². The molecule has 0 spiro atoms. The van der Waals surface area contributed by atoms with Gasteiger partial charge in [-0.1, -0.05) is 235 Å². The third kappa shape index (κ3) is 51.7. The summed E-state index contributed by atoms with van der Waals surface area (Å²) >= 11 is 0. The van der Waals surface area contributed by atoms with Gasteiger partial charge in [0.1, 0.15) is 13.2 Å². The number of carbonyl (C=O) groups is 3. The van der Waals surface area contributed by atoms with Crippen LogP contribution in [-0.4, -0.2) is 37.2 Å². The predicted octanol–water partition coefficient (Wildman–Crippen LogP) is 18.2. The van der Waals surface area contributed by atoms with Gasteiger partial charge in [-0.2, -0.15) is 0 Å². The zero-order chi connectivity index (χ0) is 47.2. The molecule has 0 N–H and O–H groups in total. The number of allylic oxidation sites excluding steroid dienone is 12. The maximum atomic E-state index is 12.8. The molecule has 0 radical (unpaired) electrons. The van der Waals surface area contributed by atoms with Crippen LogP contribution in [0.4, 0.5) is 0 Å². The van der Waals surface area contributed by atoms with Gasteiger partial charge in [0.25, 0.3) is 0 Å². The van der Waals surface area contributed by atoms with E-state index in [9.17, 15) is 14.4 Å². The van der Waals surface area contributed by atoms with Gasteiger partial charge in [-0.15, -0.1) is 0 Å². The van der Waals surface area contributed by atoms with Gasteiger partial charge in [0, 0.05) is 19.3 Å². The van der Waals surface area contributed by atoms with E-state index in [1.54, 1.807) is 0 Å². The van der Waals surface area contributed by atoms with Crippen molar-refractivity contribution in [3.05, 3.63) is 72.9 Å². The molecular formula is C59H102O6. The van der Waals surface area contributed by atoms with Crippen molar-refractivity contribution in [1.29, 1.82) is 0 Å². The molecule has 0 unspecified atom stereocenters. The van der Waals surface area contributed by atoms with Crippen molar-refractivity contribution in [2.24, 2.45) is 0 Å². The van der Waals surface area contributed by atoms with Crippen LogP contribution in [0.15, 0.2) is 72.9 Å². The van der Waals surface area contributed by atoms with E-state index in [2.05, 4.69) is 93.7 Å². The molecule has 6 heteroatoms. The summed E-state index contributed by atoms with van der Waals surface area (Å²) in [4.78, 5) is 38.1. The molecule has 1 atom stereocenters. The molecule has 0 fully saturated rings. The Morgan fingerprint density at radius 3 is 1.03 bits per heavy atom. The van der Waals surface area contributed by atoms with Crippen molar-refractivity contribution in [3.8, 4) is 0 Å². The number of ether oxygens (including phenoxy) is 3. The maximum Gasteiger partial charge on any atom is 0.306 e. The summed E-state index contributed by atoms with van der Waals surface area (Å²) < 4.78 is 16.8. The number of esters is 3. The minimum absolute atomic E-state index is 0.0933. The summed E-state index contributed by atoms with van der Waals surface area (Å²) in [7, 11) is 0. The molecule has 0 bridgehead atoms. The third-order valence-electron chi connectivity index (χ3n) is 11.7. The number of rotatable bonds is 49. The van der Waals surface area contributed by atoms with Crippen molar-refractivity contribution >= 4 is 17.9 Å². The van der Waals surface area contributed by atoms with Crippen LogP contribution >= 0.6 is 0 Å². The first kappa shape index (κ1) is 61.9. The maximum absolute atomic E-state index is 12.8. The highest BCUT2D eigenvalue weighted by Gasteiger charge is 2.19. The minimum atomic E-state index is -0.798. The Morgan fingerprint density at radius 1 is 0.323 bits per heavy atom. The first-order valence-corrected chi connectivity index (χ1v) is 27.4. The van der Waals surface area contributed by atoms with Gasteiger partial charge in [0.15, 0.2) is 6.10 Å². The first-order chi connectivity index (χ1) is 32.0. The van der Waals surface area contributed by atoms with Crippen LogP contribution in [0.1, 0.15) is 265 Å². The lowest BCUT2D eigenvalue weighted by atomic mass is 10.0. The fourth-order valence-corrected chi connectivity index (χ4v) is 7.59. The zero-order valence-electron chi connectivity index (χ0n) is 42.7. The molecule has 0 aliphatic heterocycles. The van der Waals surface area contributed by atoms with Crippen LogP contribution < -0.4 is 0 Å². The average molecular weight is 907 g/mol. The lowest BCUT2D eigenvalue weighted by molar-refractivity contribution is -0.167. The van der Waals surface area contributed by atoms with Crippen LogP contribution in [0.3, 0.4) is 0 Å². The largest absolute Gasteiger partial charge is 0.462 e. The van der Waals surface area contributed by atoms with Crippen LogP contribution in [0.25, 0.3) is 0 Å². The Bertz CT molecular complexity index is 1230. The molecule has 0 saturated carbocycles. The monoisotopic (exact) mass is 907 g/mol. The smallest absolute Gasteiger partial charge is 0.306 e. The lowest BCUT2D eigenvalue weighted by Crippen LogP contribution is -2.30. The minimum Gasteiger partial charge on any atom is -0.462 e. The van der Waals surface area contributed by atoms with E-state index in [1.807, 2.05) is 0 Å². The summed E-state index contributed by atoms with van der Waals surface area (Å²) in [5.41, 5.74) is 0. The van der Waals surface area contributed by atoms with Gasteiger partial charge >= 0.3 is 17.9 Å². The quantitative estimate of drug-likeness (QED) is 0.0262. The molecular weight excluding hydrogens is 805 g/mol. The number of carbonyl (C=O) groups excluding carboxylic acids is 3. The van der Waals surface area contributed by atoms with Crippen molar-refractivity contribution in [2.45, 2.75) is 271 Å². The molecule has 0 saturated heterocycles. The summed E-state index contributed by atoms with van der Waals surface area (Å²) in [6.45, 7) is 6.48. The normalized spacial score (nSPS) is 12.6. The van der Waals surface area contributed by atoms with E-state index in [0.29, 0.717) is 19.3 Å². The van der Waals surface area contributed by atoms with Crippen LogP contribution in [-0.2, 0) is 28.6 Å². The number of hydrogen-bond acceptors (Lipinski definition) is 6. The van der Waals surface area contributed by atoms with Crippen LogP contribution in [0.5, 0.6) is 0 Å². The summed E-state index contributed by atoms with van der Waals surface area (Å²) in [6.07, 6.45) is 67.5. The van der Waals surface area contributed by atoms with Gasteiger partial charge in [-0.05, 0) is 83.5 Å². The Balaban J connectivity index is 4.46. The number of hydrogen-bond donors (Lipinski definition) is 0. The molecule has 0 aromatic heterocycles. The van der Waals surface area contributed by atoms with Crippen molar-refractivity contribution < 1.29 is 28.6 Å². The molecule has 0 aromatic rings. The molecule has 0 aliphatic rings. The highest BCUT2D eigenvalue weighted by atomic mass is 16.6. The SMILES string of the molecule is CC/C=C\C/C=C\C/C=C\C/C=C\C/C=C\CCCC(=O)OC[C@H](COC(=O)CCCCCCCCC/C=C\CCCCCC)OC(=O)CCCCCCCCCCCCCCCCC. The molecule has 374 valence electrons. The predicted molar refractivity (Wildman–Crippen MR) is 279 cm³/mol. The second-order valence-electron chi connectivity index (χ2n) is 18.1. The van der Waals surface area contributed by atoms with E-state index < -0.39 is 6.10 Å². The Kier molecular flexibility index (Phi) is 50.9. The lowest BCUT2D eigenvalue weighted by Gasteiger charge is -2.18. The molecule has 65 heavy (non-hydrogen) atoms. The standard InChI is InChI=1S/C59H102O6/c1-4-7-10-13-16-19-22-25-28-29-32-34-37-40-43-46-49-52-58(61)64-55-56(65-59(62)53-50-47-44-41-38-35-31-27-24-21-18-15-12-9-6-3)54-63-57(60)51-48-45-42-39-36-33-30-26-23-20-17-14-11-8-5-2/h7,10,16,19-20,23,25,28,32,34,40,43,56H,4-6,8-9,11-15,17-18,21-22,24,26-27,29-31,33,35-39,41-42,44-55H2,1-3H3/b10-7-,19-16-,23-20-,28-25-,34-32-,43-40-/t56-/m0/s1. The highest BCUT2D eigenvalue weighted by molar-refractivity contribution is 5.71. The first-order valence-electron chi connectivity index (χ1n) is 27.4. The summed E-state index contributed by atoms with van der Waals surface area (Å²) in [6, 6.07) is 0. The zero-order valence-corrected chi connectivity index (χ0v) is 42.7. The van der Waals surface area contributed by atoms with Crippen LogP contribution in [0.2, 0.25) is 0 Å². The molecule has 0 aliphatic carbocycles. The highest BCUT2D eigenvalue weighted by Crippen LogP contribution is 2.15. The van der Waals surface area contributed by atoms with Crippen molar-refractivity contribution in [1.82, 2.24) is 0 Å². The van der Waals surface area contributed by atoms with Crippen molar-refractivity contribution in [3.63, 3.8) is 0 Å². The summed E-state index contributed by atoms with van der Waals surface area (Å²) in [5.74, 6) is -0.951. The van der Waals surface area contributed by atoms with Gasteiger partial charge in [0.2, 0.25) is 0 Å². The van der Waals surface area contributed by atoms with Gasteiger partial charge in [-0.25, -0.2) is 0 Å². The van der Waals surface area contributed by atoms with Crippen molar-refractivity contribution in [2.75, 3.05) is 13.2 Å². The second kappa shape index (κ2) is 53.5. The molecule has 0 heterocycles. The topological polar surface area (TPSA) is 78.9 Å². The molecule has 6 nitrogen and oxygen atoms in total. The fourth-order valence-electron chi connectivity index (χ4n) is 7.59. The van der Waals surface area contributed by atoms with Gasteiger partial charge < -0.3 is 14.2 Å². The Labute approximate surface area is 402 Å². The molecule has 0 aromatic carbocycles.